The molecular formula is C32H46N8O2. The number of nitrogen functional groups attached to an aromatic ring is 1. The van der Waals surface area contributed by atoms with Gasteiger partial charge in [0.15, 0.2) is 5.82 Å². The predicted molar refractivity (Wildman–Crippen MR) is 170 cm³/mol. The summed E-state index contributed by atoms with van der Waals surface area (Å²) in [4.78, 5) is 22.3. The molecule has 3 aliphatic heterocycles. The fourth-order valence-electron chi connectivity index (χ4n) is 6.59. The van der Waals surface area contributed by atoms with Gasteiger partial charge in [0.05, 0.1) is 18.5 Å². The third kappa shape index (κ3) is 5.98. The molecule has 3 aromatic rings. The normalized spacial score (nSPS) is 20.0. The Bertz CT molecular complexity index is 1380. The Morgan fingerprint density at radius 2 is 1.71 bits per heavy atom. The molecule has 3 saturated heterocycles. The first-order valence-corrected chi connectivity index (χ1v) is 15.6. The quantitative estimate of drug-likeness (QED) is 0.426. The van der Waals surface area contributed by atoms with E-state index in [1.54, 1.807) is 7.11 Å². The topological polar surface area (TPSA) is 105 Å². The molecule has 0 aliphatic carbocycles. The number of pyridine rings is 1. The van der Waals surface area contributed by atoms with Crippen LogP contribution >= 0.6 is 0 Å². The number of anilines is 3. The van der Waals surface area contributed by atoms with E-state index in [2.05, 4.69) is 64.1 Å². The Kier molecular flexibility index (Phi) is 8.65. The van der Waals surface area contributed by atoms with Crippen LogP contribution in [0, 0.1) is 0 Å². The molecule has 1 aromatic carbocycles. The Hall–Kier alpha value is -3.21. The number of hydrogen-bond donors (Lipinski definition) is 2. The maximum atomic E-state index is 6.37. The van der Waals surface area contributed by atoms with Crippen molar-refractivity contribution in [1.82, 2.24) is 24.8 Å². The van der Waals surface area contributed by atoms with Gasteiger partial charge >= 0.3 is 0 Å². The van der Waals surface area contributed by atoms with Crippen molar-refractivity contribution in [3.63, 3.8) is 0 Å². The minimum atomic E-state index is 0.187. The summed E-state index contributed by atoms with van der Waals surface area (Å²) in [6.45, 7) is 12.5. The molecule has 3 aliphatic rings. The highest BCUT2D eigenvalue weighted by Crippen LogP contribution is 2.38. The van der Waals surface area contributed by atoms with Crippen molar-refractivity contribution in [3.8, 4) is 16.9 Å². The van der Waals surface area contributed by atoms with E-state index in [9.17, 15) is 0 Å². The minimum absolute atomic E-state index is 0.187. The maximum Gasteiger partial charge on any atom is 0.151 e. The van der Waals surface area contributed by atoms with Gasteiger partial charge in [-0.05, 0) is 56.3 Å². The maximum absolute atomic E-state index is 6.37. The Balaban J connectivity index is 1.28. The van der Waals surface area contributed by atoms with Crippen LogP contribution in [-0.4, -0.2) is 103 Å². The Labute approximate surface area is 249 Å². The lowest BCUT2D eigenvalue weighted by atomic mass is 10.00. The Morgan fingerprint density at radius 1 is 0.976 bits per heavy atom. The lowest BCUT2D eigenvalue weighted by molar-refractivity contribution is 0.0903. The number of piperidine rings is 1. The van der Waals surface area contributed by atoms with E-state index >= 15 is 0 Å². The van der Waals surface area contributed by atoms with E-state index in [-0.39, 0.29) is 5.92 Å². The summed E-state index contributed by atoms with van der Waals surface area (Å²) in [6, 6.07) is 7.43. The molecule has 0 unspecified atom stereocenters. The van der Waals surface area contributed by atoms with Crippen LogP contribution in [0.15, 0.2) is 24.4 Å². The minimum Gasteiger partial charge on any atom is -0.495 e. The number of hydrogen-bond acceptors (Lipinski definition) is 10. The second kappa shape index (κ2) is 12.6. The van der Waals surface area contributed by atoms with Gasteiger partial charge in [-0.3, -0.25) is 4.90 Å². The van der Waals surface area contributed by atoms with E-state index in [1.807, 2.05) is 6.20 Å². The van der Waals surface area contributed by atoms with Crippen LogP contribution in [0.1, 0.15) is 51.1 Å². The van der Waals surface area contributed by atoms with Gasteiger partial charge in [-0.2, -0.15) is 0 Å². The SMILES string of the molecule is COc1cc(-c2cnc(N)c3nc(C(C)C)c(NC4CCOCC4)nc23)ccc1N1CCC(N2CCN(C)CC2)CC1. The molecule has 5 heterocycles. The zero-order valence-corrected chi connectivity index (χ0v) is 25.6. The van der Waals surface area contributed by atoms with E-state index in [1.165, 1.54) is 39.0 Å². The number of nitrogens with zero attached hydrogens (tertiary/aromatic N) is 6. The highest BCUT2D eigenvalue weighted by Gasteiger charge is 2.28. The third-order valence-electron chi connectivity index (χ3n) is 9.21. The molecule has 0 spiro atoms. The van der Waals surface area contributed by atoms with Gasteiger partial charge in [-0.1, -0.05) is 19.9 Å². The smallest absolute Gasteiger partial charge is 0.151 e. The first kappa shape index (κ1) is 28.9. The molecule has 0 atom stereocenters. The number of fused-ring (bicyclic) bond motifs is 1. The number of nitrogens with two attached hydrogens (primary N) is 1. The molecule has 226 valence electrons. The Morgan fingerprint density at radius 3 is 2.40 bits per heavy atom. The van der Waals surface area contributed by atoms with E-state index < -0.39 is 0 Å². The van der Waals surface area contributed by atoms with Gasteiger partial charge in [-0.15, -0.1) is 0 Å². The van der Waals surface area contributed by atoms with Crippen LogP contribution in [0.4, 0.5) is 17.3 Å². The molecule has 6 rings (SSSR count). The molecule has 2 aromatic heterocycles. The summed E-state index contributed by atoms with van der Waals surface area (Å²) >= 11 is 0. The molecule has 0 amide bonds. The first-order chi connectivity index (χ1) is 20.4. The zero-order chi connectivity index (χ0) is 29.2. The molecular weight excluding hydrogens is 528 g/mol. The second-order valence-electron chi connectivity index (χ2n) is 12.3. The lowest BCUT2D eigenvalue weighted by Gasteiger charge is -2.42. The van der Waals surface area contributed by atoms with Gasteiger partial charge in [0.1, 0.15) is 22.6 Å². The predicted octanol–water partition coefficient (Wildman–Crippen LogP) is 4.21. The zero-order valence-electron chi connectivity index (χ0n) is 25.6. The van der Waals surface area contributed by atoms with Gasteiger partial charge in [0.25, 0.3) is 0 Å². The fraction of sp³-hybridized carbons (Fsp3) is 0.594. The molecule has 0 radical (unpaired) electrons. The summed E-state index contributed by atoms with van der Waals surface area (Å²) in [5, 5.41) is 3.67. The number of aromatic nitrogens is 3. The van der Waals surface area contributed by atoms with Crippen LogP contribution in [0.2, 0.25) is 0 Å². The average Bonchev–Trinajstić information content (AvgIpc) is 3.02. The van der Waals surface area contributed by atoms with Crippen LogP contribution in [0.5, 0.6) is 5.75 Å². The van der Waals surface area contributed by atoms with Gasteiger partial charge in [-0.25, -0.2) is 15.0 Å². The highest BCUT2D eigenvalue weighted by atomic mass is 16.5. The second-order valence-corrected chi connectivity index (χ2v) is 12.3. The van der Waals surface area contributed by atoms with Crippen molar-refractivity contribution in [2.24, 2.45) is 0 Å². The van der Waals surface area contributed by atoms with Crippen LogP contribution < -0.4 is 20.7 Å². The monoisotopic (exact) mass is 574 g/mol. The standard InChI is InChI=1S/C32H46N8O2/c1-21(2)28-32(35-23-9-17-42-18-10-23)37-29-25(20-34-31(33)30(29)36-28)22-5-6-26(27(19-22)41-4)40-11-7-24(8-12-40)39-15-13-38(3)14-16-39/h5-6,19-21,23-24H,7-18H2,1-4H3,(H2,33,34)(H,35,37). The summed E-state index contributed by atoms with van der Waals surface area (Å²) in [5.41, 5.74) is 11.7. The number of piperazine rings is 1. The molecule has 3 N–H and O–H groups in total. The lowest BCUT2D eigenvalue weighted by Crippen LogP contribution is -2.52. The largest absolute Gasteiger partial charge is 0.495 e. The van der Waals surface area contributed by atoms with Gasteiger partial charge in [0, 0.05) is 76.3 Å². The average molecular weight is 575 g/mol. The number of ether oxygens (including phenoxy) is 2. The summed E-state index contributed by atoms with van der Waals surface area (Å²) in [6.07, 6.45) is 6.08. The highest BCUT2D eigenvalue weighted by molar-refractivity contribution is 5.97. The van der Waals surface area contributed by atoms with Crippen molar-refractivity contribution in [1.29, 1.82) is 0 Å². The first-order valence-electron chi connectivity index (χ1n) is 15.6. The van der Waals surface area contributed by atoms with Gasteiger partial charge < -0.3 is 30.3 Å². The number of benzene rings is 1. The number of methoxy groups -OCH3 is 1. The molecule has 0 bridgehead atoms. The van der Waals surface area contributed by atoms with Crippen LogP contribution in [-0.2, 0) is 4.74 Å². The van der Waals surface area contributed by atoms with E-state index in [4.69, 9.17) is 25.2 Å². The van der Waals surface area contributed by atoms with Crippen LogP contribution in [0.25, 0.3) is 22.2 Å². The van der Waals surface area contributed by atoms with Crippen molar-refractivity contribution in [3.05, 3.63) is 30.1 Å². The number of likely N-dealkylation sites (N-methyl/N-ethyl adjacent to an activating group) is 1. The van der Waals surface area contributed by atoms with Crippen molar-refractivity contribution >= 4 is 28.4 Å². The summed E-state index contributed by atoms with van der Waals surface area (Å²) < 4.78 is 11.5. The summed E-state index contributed by atoms with van der Waals surface area (Å²) in [7, 11) is 3.97. The summed E-state index contributed by atoms with van der Waals surface area (Å²) in [5.74, 6) is 2.27. The van der Waals surface area contributed by atoms with Crippen molar-refractivity contribution in [2.75, 3.05) is 82.6 Å². The van der Waals surface area contributed by atoms with E-state index in [0.29, 0.717) is 23.4 Å². The van der Waals surface area contributed by atoms with Crippen molar-refractivity contribution < 1.29 is 9.47 Å². The molecule has 42 heavy (non-hydrogen) atoms. The van der Waals surface area contributed by atoms with Crippen LogP contribution in [0.3, 0.4) is 0 Å². The van der Waals surface area contributed by atoms with Crippen molar-refractivity contribution in [2.45, 2.75) is 57.5 Å². The number of rotatable bonds is 7. The fourth-order valence-corrected chi connectivity index (χ4v) is 6.59. The molecule has 10 nitrogen and oxygen atoms in total. The molecule has 10 heteroatoms. The number of nitrogens with one attached hydrogen (secondary N) is 1. The van der Waals surface area contributed by atoms with Gasteiger partial charge in [0.2, 0.25) is 0 Å². The van der Waals surface area contributed by atoms with E-state index in [0.717, 1.165) is 78.7 Å². The molecule has 0 saturated carbocycles. The molecule has 3 fully saturated rings. The third-order valence-corrected chi connectivity index (χ3v) is 9.21.